The highest BCUT2D eigenvalue weighted by molar-refractivity contribution is 6.31. The first kappa shape index (κ1) is 17.4. The minimum absolute atomic E-state index is 0.106. The molecule has 122 valence electrons. The largest absolute Gasteiger partial charge is 0.482 e. The lowest BCUT2D eigenvalue weighted by Gasteiger charge is -2.22. The van der Waals surface area contributed by atoms with Crippen LogP contribution in [0.2, 0.25) is 5.02 Å². The molecular weight excluding hydrogens is 312 g/mol. The van der Waals surface area contributed by atoms with Gasteiger partial charge in [-0.05, 0) is 42.2 Å². The van der Waals surface area contributed by atoms with Crippen molar-refractivity contribution in [3.8, 4) is 11.5 Å². The van der Waals surface area contributed by atoms with Crippen LogP contribution in [0.4, 0.5) is 0 Å². The molecule has 0 heterocycles. The summed E-state index contributed by atoms with van der Waals surface area (Å²) < 4.78 is 10.9. The lowest BCUT2D eigenvalue weighted by Crippen LogP contribution is -2.20. The third-order valence-corrected chi connectivity index (χ3v) is 3.83. The Labute approximate surface area is 142 Å². The Bertz CT molecular complexity index is 702. The van der Waals surface area contributed by atoms with Crippen LogP contribution in [0.3, 0.4) is 0 Å². The molecule has 0 aliphatic rings. The van der Waals surface area contributed by atoms with Gasteiger partial charge in [0.05, 0.1) is 0 Å². The standard InChI is InChI=1S/C19H21ClO3/c1-13-11-14(9-10-16(13)20)22-12-18(21)23-17-8-6-5-7-15(17)19(2,3)4/h5-11H,12H2,1-4H3. The summed E-state index contributed by atoms with van der Waals surface area (Å²) >= 11 is 5.96. The Morgan fingerprint density at radius 2 is 1.83 bits per heavy atom. The maximum absolute atomic E-state index is 12.0. The van der Waals surface area contributed by atoms with Crippen LogP contribution in [-0.4, -0.2) is 12.6 Å². The highest BCUT2D eigenvalue weighted by Crippen LogP contribution is 2.31. The monoisotopic (exact) mass is 332 g/mol. The van der Waals surface area contributed by atoms with E-state index in [-0.39, 0.29) is 12.0 Å². The Balaban J connectivity index is 2.02. The minimum Gasteiger partial charge on any atom is -0.482 e. The maximum atomic E-state index is 12.0. The van der Waals surface area contributed by atoms with Crippen molar-refractivity contribution in [3.05, 3.63) is 58.6 Å². The van der Waals surface area contributed by atoms with E-state index in [0.29, 0.717) is 16.5 Å². The van der Waals surface area contributed by atoms with Gasteiger partial charge in [0.25, 0.3) is 0 Å². The second-order valence-electron chi connectivity index (χ2n) is 6.42. The molecule has 0 atom stereocenters. The van der Waals surface area contributed by atoms with Crippen molar-refractivity contribution in [2.24, 2.45) is 0 Å². The fourth-order valence-corrected chi connectivity index (χ4v) is 2.29. The molecule has 2 aromatic carbocycles. The van der Waals surface area contributed by atoms with E-state index in [9.17, 15) is 4.79 Å². The third kappa shape index (κ3) is 4.73. The van der Waals surface area contributed by atoms with Gasteiger partial charge in [0.1, 0.15) is 11.5 Å². The summed E-state index contributed by atoms with van der Waals surface area (Å²) in [5.74, 6) is 0.725. The molecule has 0 bridgehead atoms. The lowest BCUT2D eigenvalue weighted by atomic mass is 9.86. The van der Waals surface area contributed by atoms with E-state index in [1.165, 1.54) is 0 Å². The molecule has 0 unspecified atom stereocenters. The second-order valence-corrected chi connectivity index (χ2v) is 6.83. The van der Waals surface area contributed by atoms with Crippen molar-refractivity contribution < 1.29 is 14.3 Å². The quantitative estimate of drug-likeness (QED) is 0.588. The molecule has 2 aromatic rings. The summed E-state index contributed by atoms with van der Waals surface area (Å²) in [7, 11) is 0. The number of benzene rings is 2. The van der Waals surface area contributed by atoms with Gasteiger partial charge in [0.15, 0.2) is 6.61 Å². The van der Waals surface area contributed by atoms with Crippen molar-refractivity contribution in [2.75, 3.05) is 6.61 Å². The molecule has 0 radical (unpaired) electrons. The third-order valence-electron chi connectivity index (χ3n) is 3.40. The van der Waals surface area contributed by atoms with Crippen LogP contribution in [0.5, 0.6) is 11.5 Å². The SMILES string of the molecule is Cc1cc(OCC(=O)Oc2ccccc2C(C)(C)C)ccc1Cl. The van der Waals surface area contributed by atoms with Crippen molar-refractivity contribution >= 4 is 17.6 Å². The molecule has 0 aromatic heterocycles. The Morgan fingerprint density at radius 1 is 1.13 bits per heavy atom. The van der Waals surface area contributed by atoms with E-state index in [4.69, 9.17) is 21.1 Å². The second kappa shape index (κ2) is 7.05. The molecule has 2 rings (SSSR count). The van der Waals surface area contributed by atoms with Crippen molar-refractivity contribution in [3.63, 3.8) is 0 Å². The van der Waals surface area contributed by atoms with Crippen molar-refractivity contribution in [1.82, 2.24) is 0 Å². The van der Waals surface area contributed by atoms with E-state index in [2.05, 4.69) is 20.8 Å². The predicted octanol–water partition coefficient (Wildman–Crippen LogP) is 4.93. The summed E-state index contributed by atoms with van der Waals surface area (Å²) in [5, 5.41) is 0.666. The first-order valence-electron chi connectivity index (χ1n) is 7.46. The molecule has 0 amide bonds. The van der Waals surface area contributed by atoms with Gasteiger partial charge in [-0.25, -0.2) is 4.79 Å². The number of rotatable bonds is 4. The van der Waals surface area contributed by atoms with E-state index >= 15 is 0 Å². The van der Waals surface area contributed by atoms with E-state index in [1.54, 1.807) is 24.3 Å². The number of carbonyl (C=O) groups is 1. The zero-order chi connectivity index (χ0) is 17.0. The van der Waals surface area contributed by atoms with Gasteiger partial charge in [-0.2, -0.15) is 0 Å². The zero-order valence-electron chi connectivity index (χ0n) is 13.9. The fraction of sp³-hybridized carbons (Fsp3) is 0.316. The molecule has 0 spiro atoms. The van der Waals surface area contributed by atoms with E-state index in [1.807, 2.05) is 25.1 Å². The van der Waals surface area contributed by atoms with Gasteiger partial charge >= 0.3 is 5.97 Å². The molecule has 0 aliphatic heterocycles. The first-order chi connectivity index (χ1) is 10.8. The van der Waals surface area contributed by atoms with Gasteiger partial charge in [-0.3, -0.25) is 0 Å². The lowest BCUT2D eigenvalue weighted by molar-refractivity contribution is -0.136. The average Bonchev–Trinajstić information content (AvgIpc) is 2.48. The zero-order valence-corrected chi connectivity index (χ0v) is 14.6. The van der Waals surface area contributed by atoms with Crippen LogP contribution >= 0.6 is 11.6 Å². The number of carbonyl (C=O) groups excluding carboxylic acids is 1. The number of hydrogen-bond donors (Lipinski definition) is 0. The number of ether oxygens (including phenoxy) is 2. The molecule has 23 heavy (non-hydrogen) atoms. The molecular formula is C19H21ClO3. The first-order valence-corrected chi connectivity index (χ1v) is 7.84. The van der Waals surface area contributed by atoms with Gasteiger partial charge in [-0.1, -0.05) is 50.6 Å². The van der Waals surface area contributed by atoms with Gasteiger partial charge in [0.2, 0.25) is 0 Å². The summed E-state index contributed by atoms with van der Waals surface area (Å²) in [5.41, 5.74) is 1.77. The smallest absolute Gasteiger partial charge is 0.349 e. The van der Waals surface area contributed by atoms with Gasteiger partial charge in [0, 0.05) is 10.6 Å². The summed E-state index contributed by atoms with van der Waals surface area (Å²) in [6.45, 7) is 7.96. The molecule has 0 N–H and O–H groups in total. The Morgan fingerprint density at radius 3 is 2.48 bits per heavy atom. The van der Waals surface area contributed by atoms with Crippen LogP contribution in [0.15, 0.2) is 42.5 Å². The number of esters is 1. The Kier molecular flexibility index (Phi) is 5.32. The van der Waals surface area contributed by atoms with E-state index in [0.717, 1.165) is 11.1 Å². The van der Waals surface area contributed by atoms with Gasteiger partial charge < -0.3 is 9.47 Å². The summed E-state index contributed by atoms with van der Waals surface area (Å²) in [4.78, 5) is 12.0. The van der Waals surface area contributed by atoms with Crippen LogP contribution in [0, 0.1) is 6.92 Å². The molecule has 0 fully saturated rings. The molecule has 0 aliphatic carbocycles. The summed E-state index contributed by atoms with van der Waals surface area (Å²) in [6, 6.07) is 12.8. The van der Waals surface area contributed by atoms with Crippen molar-refractivity contribution in [2.45, 2.75) is 33.1 Å². The minimum atomic E-state index is -0.436. The van der Waals surface area contributed by atoms with Crippen LogP contribution in [0.1, 0.15) is 31.9 Å². The fourth-order valence-electron chi connectivity index (χ4n) is 2.18. The Hall–Kier alpha value is -2.00. The number of aryl methyl sites for hydroxylation is 1. The van der Waals surface area contributed by atoms with Crippen LogP contribution in [0.25, 0.3) is 0 Å². The van der Waals surface area contributed by atoms with Crippen LogP contribution in [-0.2, 0) is 10.2 Å². The predicted molar refractivity (Wildman–Crippen MR) is 92.5 cm³/mol. The highest BCUT2D eigenvalue weighted by atomic mass is 35.5. The molecule has 4 heteroatoms. The van der Waals surface area contributed by atoms with Crippen LogP contribution < -0.4 is 9.47 Å². The van der Waals surface area contributed by atoms with Crippen molar-refractivity contribution in [1.29, 1.82) is 0 Å². The van der Waals surface area contributed by atoms with E-state index < -0.39 is 5.97 Å². The number of para-hydroxylation sites is 1. The highest BCUT2D eigenvalue weighted by Gasteiger charge is 2.20. The number of halogens is 1. The average molecular weight is 333 g/mol. The topological polar surface area (TPSA) is 35.5 Å². The van der Waals surface area contributed by atoms with Gasteiger partial charge in [-0.15, -0.1) is 0 Å². The normalized spacial score (nSPS) is 11.2. The molecule has 3 nitrogen and oxygen atoms in total. The summed E-state index contributed by atoms with van der Waals surface area (Å²) in [6.07, 6.45) is 0. The number of hydrogen-bond acceptors (Lipinski definition) is 3. The maximum Gasteiger partial charge on any atom is 0.349 e. The molecule has 0 saturated heterocycles. The molecule has 0 saturated carbocycles.